The molecule has 2 aromatic rings. The first-order valence-corrected chi connectivity index (χ1v) is 8.35. The average Bonchev–Trinajstić information content (AvgIpc) is 2.53. The van der Waals surface area contributed by atoms with Crippen LogP contribution in [0.4, 0.5) is 5.69 Å². The Morgan fingerprint density at radius 1 is 1.35 bits per heavy atom. The van der Waals surface area contributed by atoms with E-state index in [1.54, 1.807) is 24.4 Å². The van der Waals surface area contributed by atoms with E-state index in [0.717, 1.165) is 18.8 Å². The topological polar surface area (TPSA) is 63.2 Å². The summed E-state index contributed by atoms with van der Waals surface area (Å²) in [6.45, 7) is 4.09. The van der Waals surface area contributed by atoms with E-state index in [9.17, 15) is 4.79 Å². The number of rotatable bonds is 6. The van der Waals surface area contributed by atoms with Gasteiger partial charge in [0.25, 0.3) is 0 Å². The first-order valence-electron chi connectivity index (χ1n) is 7.97. The van der Waals surface area contributed by atoms with Crippen LogP contribution in [0.25, 0.3) is 0 Å². The number of carbonyl (C=O) groups is 1. The molecule has 8 heteroatoms. The van der Waals surface area contributed by atoms with Crippen LogP contribution in [-0.4, -0.2) is 24.0 Å². The molecule has 26 heavy (non-hydrogen) atoms. The molecule has 3 rings (SSSR count). The van der Waals surface area contributed by atoms with E-state index in [1.807, 2.05) is 25.1 Å². The van der Waals surface area contributed by atoms with E-state index in [-0.39, 0.29) is 36.6 Å². The van der Waals surface area contributed by atoms with Gasteiger partial charge >= 0.3 is 0 Å². The van der Waals surface area contributed by atoms with Gasteiger partial charge in [-0.05, 0) is 49.3 Å². The fourth-order valence-corrected chi connectivity index (χ4v) is 2.70. The Morgan fingerprint density at radius 3 is 2.69 bits per heavy atom. The molecule has 1 aliphatic rings. The number of hydrogen-bond acceptors (Lipinski definition) is 4. The summed E-state index contributed by atoms with van der Waals surface area (Å²) in [7, 11) is 0. The van der Waals surface area contributed by atoms with Crippen molar-refractivity contribution < 1.29 is 9.53 Å². The number of carbonyl (C=O) groups excluding carboxylic acids is 1. The molecule has 2 N–H and O–H groups in total. The highest BCUT2D eigenvalue weighted by molar-refractivity contribution is 6.32. The third-order valence-electron chi connectivity index (χ3n) is 4.23. The molecular formula is C18H22Cl3N3O2. The predicted octanol–water partition coefficient (Wildman–Crippen LogP) is 3.95. The first-order chi connectivity index (χ1) is 11.6. The Labute approximate surface area is 170 Å². The van der Waals surface area contributed by atoms with Crippen molar-refractivity contribution in [2.75, 3.05) is 18.4 Å². The highest BCUT2D eigenvalue weighted by Gasteiger charge is 2.28. The Morgan fingerprint density at radius 2 is 2.12 bits per heavy atom. The number of ether oxygens (including phenoxy) is 1. The molecule has 0 bridgehead atoms. The second-order valence-corrected chi connectivity index (χ2v) is 6.36. The molecule has 1 atom stereocenters. The van der Waals surface area contributed by atoms with Gasteiger partial charge in [0.05, 0.1) is 10.7 Å². The fourth-order valence-electron chi connectivity index (χ4n) is 2.47. The zero-order valence-electron chi connectivity index (χ0n) is 14.3. The molecule has 5 nitrogen and oxygen atoms in total. The third-order valence-corrected chi connectivity index (χ3v) is 4.53. The maximum Gasteiger partial charge on any atom is 0.227 e. The molecule has 1 saturated heterocycles. The molecule has 1 aliphatic heterocycles. The van der Waals surface area contributed by atoms with Gasteiger partial charge in [-0.3, -0.25) is 9.78 Å². The fraction of sp³-hybridized carbons (Fsp3) is 0.333. The molecule has 2 heterocycles. The quantitative estimate of drug-likeness (QED) is 0.745. The van der Waals surface area contributed by atoms with Gasteiger partial charge in [0.1, 0.15) is 12.4 Å². The van der Waals surface area contributed by atoms with Crippen molar-refractivity contribution in [3.05, 3.63) is 53.3 Å². The SMILES string of the molecule is CC(C(=O)Nc1ccc(OCc2ccccn2)c(Cl)c1)C1CNC1.Cl.Cl. The molecule has 1 aromatic carbocycles. The molecule has 0 spiro atoms. The number of pyridine rings is 1. The lowest BCUT2D eigenvalue weighted by atomic mass is 9.88. The van der Waals surface area contributed by atoms with Crippen molar-refractivity contribution in [3.63, 3.8) is 0 Å². The van der Waals surface area contributed by atoms with Crippen LogP contribution in [0.3, 0.4) is 0 Å². The van der Waals surface area contributed by atoms with Crippen molar-refractivity contribution in [2.45, 2.75) is 13.5 Å². The number of nitrogens with zero attached hydrogens (tertiary/aromatic N) is 1. The lowest BCUT2D eigenvalue weighted by molar-refractivity contribution is -0.121. The van der Waals surface area contributed by atoms with Crippen molar-refractivity contribution in [1.29, 1.82) is 0 Å². The van der Waals surface area contributed by atoms with Crippen LogP contribution in [-0.2, 0) is 11.4 Å². The number of anilines is 1. The summed E-state index contributed by atoms with van der Waals surface area (Å²) in [4.78, 5) is 16.4. The summed E-state index contributed by atoms with van der Waals surface area (Å²) in [5.41, 5.74) is 1.50. The standard InChI is InChI=1S/C18H20ClN3O2.2ClH/c1-12(13-9-20-10-13)18(23)22-14-5-6-17(16(19)8-14)24-11-15-4-2-3-7-21-15;;/h2-8,12-13,20H,9-11H2,1H3,(H,22,23);2*1H. The third kappa shape index (κ3) is 5.74. The van der Waals surface area contributed by atoms with E-state index in [4.69, 9.17) is 16.3 Å². The second-order valence-electron chi connectivity index (χ2n) is 5.95. The molecular weight excluding hydrogens is 397 g/mol. The van der Waals surface area contributed by atoms with Crippen LogP contribution in [0.5, 0.6) is 5.75 Å². The summed E-state index contributed by atoms with van der Waals surface area (Å²) in [6, 6.07) is 10.9. The number of hydrogen-bond donors (Lipinski definition) is 2. The zero-order valence-corrected chi connectivity index (χ0v) is 16.7. The molecule has 1 amide bonds. The van der Waals surface area contributed by atoms with E-state index < -0.39 is 0 Å². The second kappa shape index (κ2) is 10.6. The maximum atomic E-state index is 12.2. The number of halogens is 3. The van der Waals surface area contributed by atoms with Gasteiger partial charge in [0, 0.05) is 17.8 Å². The van der Waals surface area contributed by atoms with Gasteiger partial charge < -0.3 is 15.4 Å². The smallest absolute Gasteiger partial charge is 0.227 e. The molecule has 0 radical (unpaired) electrons. The predicted molar refractivity (Wildman–Crippen MR) is 109 cm³/mol. The van der Waals surface area contributed by atoms with Crippen LogP contribution in [0.15, 0.2) is 42.6 Å². The summed E-state index contributed by atoms with van der Waals surface area (Å²) >= 11 is 6.25. The molecule has 1 fully saturated rings. The minimum atomic E-state index is -0.0230. The number of amides is 1. The van der Waals surface area contributed by atoms with Gasteiger partial charge in [-0.25, -0.2) is 0 Å². The molecule has 0 aliphatic carbocycles. The highest BCUT2D eigenvalue weighted by atomic mass is 35.5. The highest BCUT2D eigenvalue weighted by Crippen LogP contribution is 2.29. The number of nitrogens with one attached hydrogen (secondary N) is 2. The van der Waals surface area contributed by atoms with E-state index >= 15 is 0 Å². The maximum absolute atomic E-state index is 12.2. The van der Waals surface area contributed by atoms with Gasteiger partial charge in [-0.2, -0.15) is 0 Å². The van der Waals surface area contributed by atoms with Crippen molar-refractivity contribution in [2.24, 2.45) is 11.8 Å². The van der Waals surface area contributed by atoms with E-state index in [2.05, 4.69) is 15.6 Å². The zero-order chi connectivity index (χ0) is 16.9. The number of aromatic nitrogens is 1. The summed E-state index contributed by atoms with van der Waals surface area (Å²) in [5, 5.41) is 6.56. The first kappa shape index (κ1) is 22.5. The van der Waals surface area contributed by atoms with Crippen molar-refractivity contribution >= 4 is 48.0 Å². The van der Waals surface area contributed by atoms with Gasteiger partial charge in [-0.1, -0.05) is 24.6 Å². The minimum absolute atomic E-state index is 0. The summed E-state index contributed by atoms with van der Waals surface area (Å²) < 4.78 is 5.68. The molecule has 1 unspecified atom stereocenters. The van der Waals surface area contributed by atoms with Crippen molar-refractivity contribution in [3.8, 4) is 5.75 Å². The number of benzene rings is 1. The monoisotopic (exact) mass is 417 g/mol. The molecule has 0 saturated carbocycles. The lowest BCUT2D eigenvalue weighted by Gasteiger charge is -2.31. The Kier molecular flexibility index (Phi) is 9.16. The van der Waals surface area contributed by atoms with Crippen LogP contribution in [0.1, 0.15) is 12.6 Å². The minimum Gasteiger partial charge on any atom is -0.486 e. The van der Waals surface area contributed by atoms with Crippen LogP contribution >= 0.6 is 36.4 Å². The van der Waals surface area contributed by atoms with Crippen LogP contribution < -0.4 is 15.4 Å². The molecule has 142 valence electrons. The van der Waals surface area contributed by atoms with Gasteiger partial charge in [-0.15, -0.1) is 24.8 Å². The lowest BCUT2D eigenvalue weighted by Crippen LogP contribution is -2.48. The largest absolute Gasteiger partial charge is 0.486 e. The summed E-state index contributed by atoms with van der Waals surface area (Å²) in [6.07, 6.45) is 1.72. The average molecular weight is 419 g/mol. The summed E-state index contributed by atoms with van der Waals surface area (Å²) in [5.74, 6) is 0.961. The van der Waals surface area contributed by atoms with E-state index in [0.29, 0.717) is 29.0 Å². The Hall–Kier alpha value is -1.53. The van der Waals surface area contributed by atoms with Crippen LogP contribution in [0.2, 0.25) is 5.02 Å². The van der Waals surface area contributed by atoms with Gasteiger partial charge in [0.2, 0.25) is 5.91 Å². The van der Waals surface area contributed by atoms with Gasteiger partial charge in [0.15, 0.2) is 0 Å². The molecule has 1 aromatic heterocycles. The Balaban J connectivity index is 0.00000169. The Bertz CT molecular complexity index is 712. The normalized spacial score (nSPS) is 14.2. The van der Waals surface area contributed by atoms with Crippen molar-refractivity contribution in [1.82, 2.24) is 10.3 Å². The van der Waals surface area contributed by atoms with E-state index in [1.165, 1.54) is 0 Å². The van der Waals surface area contributed by atoms with Crippen LogP contribution in [0, 0.1) is 11.8 Å².